The van der Waals surface area contributed by atoms with Crippen LogP contribution in [0.5, 0.6) is 0 Å². The number of rotatable bonds is 4. The molecule has 0 saturated carbocycles. The lowest BCUT2D eigenvalue weighted by Crippen LogP contribution is -2.42. The third-order valence-electron chi connectivity index (χ3n) is 4.53. The first-order chi connectivity index (χ1) is 11.3. The highest BCUT2D eigenvalue weighted by molar-refractivity contribution is 5.84. The molecule has 1 aromatic rings. The molecule has 0 aromatic heterocycles. The molecule has 1 fully saturated rings. The molecule has 0 spiro atoms. The maximum absolute atomic E-state index is 12.3. The number of carbonyl (C=O) groups is 2. The molecular formula is C19H22N2O2. The highest BCUT2D eigenvalue weighted by Gasteiger charge is 2.29. The van der Waals surface area contributed by atoms with Crippen molar-refractivity contribution in [1.29, 1.82) is 0 Å². The Morgan fingerprint density at radius 3 is 3.09 bits per heavy atom. The van der Waals surface area contributed by atoms with Gasteiger partial charge in [-0.3, -0.25) is 9.59 Å². The average Bonchev–Trinajstić information content (AvgIpc) is 3.02. The number of hydrogen-bond donors (Lipinski definition) is 1. The van der Waals surface area contributed by atoms with Crippen LogP contribution in [0.15, 0.2) is 36.4 Å². The van der Waals surface area contributed by atoms with Gasteiger partial charge in [0.1, 0.15) is 6.04 Å². The first-order valence-electron chi connectivity index (χ1n) is 8.20. The number of carbonyl (C=O) groups excluding carboxylic acids is 2. The van der Waals surface area contributed by atoms with Gasteiger partial charge in [-0.1, -0.05) is 42.5 Å². The Hall–Kier alpha value is -2.36. The molecule has 4 heteroatoms. The second kappa shape index (κ2) is 7.27. The van der Waals surface area contributed by atoms with Crippen LogP contribution in [0.1, 0.15) is 36.0 Å². The van der Waals surface area contributed by atoms with E-state index in [4.69, 9.17) is 0 Å². The number of allylic oxidation sites excluding steroid dienone is 3. The first-order valence-corrected chi connectivity index (χ1v) is 8.20. The molecule has 0 bridgehead atoms. The van der Waals surface area contributed by atoms with Crippen molar-refractivity contribution < 1.29 is 9.59 Å². The van der Waals surface area contributed by atoms with Gasteiger partial charge in [-0.05, 0) is 42.4 Å². The van der Waals surface area contributed by atoms with Crippen LogP contribution < -0.4 is 5.32 Å². The summed E-state index contributed by atoms with van der Waals surface area (Å²) in [6, 6.07) is 5.92. The van der Waals surface area contributed by atoms with Gasteiger partial charge in [0.15, 0.2) is 0 Å². The molecule has 2 aliphatic rings. The van der Waals surface area contributed by atoms with E-state index in [9.17, 15) is 9.59 Å². The van der Waals surface area contributed by atoms with Crippen molar-refractivity contribution in [2.45, 2.75) is 38.3 Å². The predicted molar refractivity (Wildman–Crippen MR) is 90.6 cm³/mol. The lowest BCUT2D eigenvalue weighted by atomic mass is 9.96. The molecule has 1 saturated heterocycles. The fourth-order valence-corrected chi connectivity index (χ4v) is 3.28. The van der Waals surface area contributed by atoms with Crippen LogP contribution in [0, 0.1) is 0 Å². The molecule has 1 aromatic carbocycles. The van der Waals surface area contributed by atoms with Gasteiger partial charge < -0.3 is 10.2 Å². The van der Waals surface area contributed by atoms with Gasteiger partial charge in [-0.15, -0.1) is 0 Å². The van der Waals surface area contributed by atoms with E-state index in [1.54, 1.807) is 4.90 Å². The van der Waals surface area contributed by atoms with E-state index in [-0.39, 0.29) is 11.9 Å². The number of nitrogens with one attached hydrogen (secondary N) is 1. The van der Waals surface area contributed by atoms with Gasteiger partial charge >= 0.3 is 0 Å². The van der Waals surface area contributed by atoms with Crippen molar-refractivity contribution in [3.63, 3.8) is 0 Å². The van der Waals surface area contributed by atoms with Crippen LogP contribution in [0.25, 0.3) is 6.08 Å². The van der Waals surface area contributed by atoms with Gasteiger partial charge in [0.25, 0.3) is 0 Å². The van der Waals surface area contributed by atoms with Gasteiger partial charge in [-0.25, -0.2) is 0 Å². The third kappa shape index (κ3) is 3.52. The maximum Gasteiger partial charge on any atom is 0.243 e. The maximum atomic E-state index is 12.3. The van der Waals surface area contributed by atoms with Crippen molar-refractivity contribution in [2.24, 2.45) is 0 Å². The Balaban J connectivity index is 1.71. The molecule has 120 valence electrons. The zero-order valence-electron chi connectivity index (χ0n) is 13.2. The number of benzene rings is 1. The molecule has 1 aliphatic carbocycles. The lowest BCUT2D eigenvalue weighted by Gasteiger charge is -2.20. The molecule has 4 nitrogen and oxygen atoms in total. The van der Waals surface area contributed by atoms with Crippen LogP contribution >= 0.6 is 0 Å². The van der Waals surface area contributed by atoms with Crippen molar-refractivity contribution in [3.05, 3.63) is 53.1 Å². The Morgan fingerprint density at radius 2 is 2.22 bits per heavy atom. The monoisotopic (exact) mass is 310 g/mol. The van der Waals surface area contributed by atoms with Gasteiger partial charge in [0.05, 0.1) is 0 Å². The van der Waals surface area contributed by atoms with Gasteiger partial charge in [0, 0.05) is 13.1 Å². The first kappa shape index (κ1) is 15.5. The SMILES string of the molecule is O=CN1CCCC1C(=O)NCc1cccc2c1/C=C\CC=CC2. The normalized spacial score (nSPS) is 21.2. The van der Waals surface area contributed by atoms with E-state index >= 15 is 0 Å². The number of nitrogens with zero attached hydrogens (tertiary/aromatic N) is 1. The Labute approximate surface area is 136 Å². The summed E-state index contributed by atoms with van der Waals surface area (Å²) in [5.41, 5.74) is 3.60. The number of hydrogen-bond acceptors (Lipinski definition) is 2. The summed E-state index contributed by atoms with van der Waals surface area (Å²) in [5, 5.41) is 3.00. The smallest absolute Gasteiger partial charge is 0.243 e. The second-order valence-electron chi connectivity index (χ2n) is 6.02. The van der Waals surface area contributed by atoms with Crippen molar-refractivity contribution in [2.75, 3.05) is 6.54 Å². The average molecular weight is 310 g/mol. The van der Waals surface area contributed by atoms with Crippen LogP contribution in [-0.2, 0) is 22.6 Å². The van der Waals surface area contributed by atoms with Crippen LogP contribution in [0.2, 0.25) is 0 Å². The molecule has 1 aliphatic heterocycles. The van der Waals surface area contributed by atoms with E-state index in [2.05, 4.69) is 41.8 Å². The molecule has 2 amide bonds. The van der Waals surface area contributed by atoms with Crippen molar-refractivity contribution in [1.82, 2.24) is 10.2 Å². The minimum Gasteiger partial charge on any atom is -0.350 e. The molecule has 23 heavy (non-hydrogen) atoms. The molecule has 3 rings (SSSR count). The fourth-order valence-electron chi connectivity index (χ4n) is 3.28. The number of fused-ring (bicyclic) bond motifs is 1. The third-order valence-corrected chi connectivity index (χ3v) is 4.53. The summed E-state index contributed by atoms with van der Waals surface area (Å²) in [7, 11) is 0. The summed E-state index contributed by atoms with van der Waals surface area (Å²) in [6.45, 7) is 1.18. The Morgan fingerprint density at radius 1 is 1.30 bits per heavy atom. The summed E-state index contributed by atoms with van der Waals surface area (Å²) in [6.07, 6.45) is 12.9. The van der Waals surface area contributed by atoms with Gasteiger partial charge in [0.2, 0.25) is 12.3 Å². The quantitative estimate of drug-likeness (QED) is 0.686. The fraction of sp³-hybridized carbons (Fsp3) is 0.368. The van der Waals surface area contributed by atoms with Crippen LogP contribution in [-0.4, -0.2) is 29.8 Å². The van der Waals surface area contributed by atoms with E-state index in [0.29, 0.717) is 13.1 Å². The van der Waals surface area contributed by atoms with E-state index < -0.39 is 0 Å². The largest absolute Gasteiger partial charge is 0.350 e. The second-order valence-corrected chi connectivity index (χ2v) is 6.02. The standard InChI is InChI=1S/C19H22N2O2/c22-14-21-12-6-11-18(21)19(23)20-13-16-9-5-8-15-7-3-1-2-4-10-17(15)16/h1,3-5,8-10,14,18H,2,6-7,11-13H2,(H,20,23)/b3-1?,10-4-. The zero-order chi connectivity index (χ0) is 16.1. The number of amides is 2. The highest BCUT2D eigenvalue weighted by Crippen LogP contribution is 2.21. The Kier molecular flexibility index (Phi) is 4.91. The summed E-state index contributed by atoms with van der Waals surface area (Å²) in [4.78, 5) is 24.9. The van der Waals surface area contributed by atoms with Crippen molar-refractivity contribution in [3.8, 4) is 0 Å². The van der Waals surface area contributed by atoms with E-state index in [1.165, 1.54) is 11.1 Å². The molecule has 1 unspecified atom stereocenters. The van der Waals surface area contributed by atoms with Gasteiger partial charge in [-0.2, -0.15) is 0 Å². The topological polar surface area (TPSA) is 49.4 Å². The summed E-state index contributed by atoms with van der Waals surface area (Å²) < 4.78 is 0. The predicted octanol–water partition coefficient (Wildman–Crippen LogP) is 2.44. The molecule has 1 heterocycles. The van der Waals surface area contributed by atoms with Crippen LogP contribution in [0.4, 0.5) is 0 Å². The van der Waals surface area contributed by atoms with Crippen LogP contribution in [0.3, 0.4) is 0 Å². The summed E-state index contributed by atoms with van der Waals surface area (Å²) >= 11 is 0. The van der Waals surface area contributed by atoms with E-state index in [1.807, 2.05) is 6.07 Å². The zero-order valence-corrected chi connectivity index (χ0v) is 13.2. The molecule has 0 radical (unpaired) electrons. The number of likely N-dealkylation sites (tertiary alicyclic amines) is 1. The molecular weight excluding hydrogens is 288 g/mol. The summed E-state index contributed by atoms with van der Waals surface area (Å²) in [5.74, 6) is -0.0538. The lowest BCUT2D eigenvalue weighted by molar-refractivity contribution is -0.131. The minimum atomic E-state index is -0.309. The Bertz CT molecular complexity index is 649. The van der Waals surface area contributed by atoms with E-state index in [0.717, 1.165) is 37.7 Å². The minimum absolute atomic E-state index is 0.0538. The highest BCUT2D eigenvalue weighted by atomic mass is 16.2. The molecule has 1 N–H and O–H groups in total. The van der Waals surface area contributed by atoms with Crippen molar-refractivity contribution >= 4 is 18.4 Å². The molecule has 1 atom stereocenters.